The summed E-state index contributed by atoms with van der Waals surface area (Å²) in [6.45, 7) is 0. The zero-order valence-electron chi connectivity index (χ0n) is 24.4. The zero-order valence-corrected chi connectivity index (χ0v) is 21.4. The van der Waals surface area contributed by atoms with E-state index in [1.807, 2.05) is 66.7 Å². The van der Waals surface area contributed by atoms with Crippen molar-refractivity contribution in [3.8, 4) is 39.4 Å². The lowest BCUT2D eigenvalue weighted by Crippen LogP contribution is -1.97. The van der Waals surface area contributed by atoms with Gasteiger partial charge in [-0.25, -0.2) is 0 Å². The lowest BCUT2D eigenvalue weighted by molar-refractivity contribution is 0.487. The lowest BCUT2D eigenvalue weighted by atomic mass is 9.91. The predicted molar refractivity (Wildman–Crippen MR) is 167 cm³/mol. The lowest BCUT2D eigenvalue weighted by Gasteiger charge is -2.22. The number of rotatable bonds is 2. The van der Waals surface area contributed by atoms with E-state index in [-0.39, 0.29) is 23.9 Å². The fraction of sp³-hybridized carbons (Fsp3) is 0. The third-order valence-electron chi connectivity index (χ3n) is 8.09. The third-order valence-corrected chi connectivity index (χ3v) is 8.09. The van der Waals surface area contributed by atoms with E-state index in [9.17, 15) is 2.74 Å². The maximum atomic E-state index is 9.60. The van der Waals surface area contributed by atoms with Gasteiger partial charge in [-0.15, -0.1) is 0 Å². The van der Waals surface area contributed by atoms with Gasteiger partial charge in [0.15, 0.2) is 0 Å². The molecule has 1 aliphatic heterocycles. The van der Waals surface area contributed by atoms with E-state index in [1.165, 1.54) is 0 Å². The highest BCUT2D eigenvalue weighted by Gasteiger charge is 2.22. The predicted octanol–water partition coefficient (Wildman–Crippen LogP) is 10.5. The molecule has 1 aromatic heterocycles. The summed E-state index contributed by atoms with van der Waals surface area (Å²) in [5.74, 6) is 0.926. The molecule has 2 heteroatoms. The summed E-state index contributed by atoms with van der Waals surface area (Å²) in [6.07, 6.45) is 0. The van der Waals surface area contributed by atoms with Gasteiger partial charge in [-0.2, -0.15) is 0 Å². The molecule has 1 aliphatic rings. The maximum Gasteiger partial charge on any atom is 0.135 e. The van der Waals surface area contributed by atoms with Crippen molar-refractivity contribution in [1.29, 1.82) is 0 Å². The van der Waals surface area contributed by atoms with Gasteiger partial charge in [-0.1, -0.05) is 103 Å². The van der Waals surface area contributed by atoms with Gasteiger partial charge in [0, 0.05) is 32.8 Å². The second-order valence-electron chi connectivity index (χ2n) is 10.3. The van der Waals surface area contributed by atoms with Crippen LogP contribution < -0.4 is 4.74 Å². The van der Waals surface area contributed by atoms with Gasteiger partial charge in [0.25, 0.3) is 0 Å². The van der Waals surface area contributed by atoms with Crippen molar-refractivity contribution in [3.63, 3.8) is 0 Å². The molecule has 0 spiro atoms. The standard InChI is InChI=1S/C38H23NO/c1-2-12-27(13-3-1)39-33-17-8-15-28(37(33)31-21-19-24-9-4-5-14-29(24)38(31)39)26-20-22-34-32(23-26)30-16-6-10-25-11-7-18-35(40-34)36(25)30/h1-23H/i20D,22D,23D. The van der Waals surface area contributed by atoms with Crippen LogP contribution in [0.1, 0.15) is 4.11 Å². The van der Waals surface area contributed by atoms with Crippen LogP contribution in [0.3, 0.4) is 0 Å². The van der Waals surface area contributed by atoms with E-state index in [0.29, 0.717) is 16.9 Å². The molecule has 186 valence electrons. The monoisotopic (exact) mass is 512 g/mol. The molecule has 7 aromatic carbocycles. The van der Waals surface area contributed by atoms with Gasteiger partial charge in [0.1, 0.15) is 11.5 Å². The van der Waals surface area contributed by atoms with E-state index >= 15 is 0 Å². The van der Waals surface area contributed by atoms with Gasteiger partial charge in [0.05, 0.1) is 15.1 Å². The zero-order chi connectivity index (χ0) is 28.8. The molecule has 2 heterocycles. The Kier molecular flexibility index (Phi) is 3.80. The van der Waals surface area contributed by atoms with Gasteiger partial charge >= 0.3 is 0 Å². The minimum atomic E-state index is -0.0123. The first kappa shape index (κ1) is 18.8. The number of fused-ring (bicyclic) bond motifs is 7. The van der Waals surface area contributed by atoms with Crippen LogP contribution in [-0.2, 0) is 0 Å². The molecule has 0 N–H and O–H groups in total. The van der Waals surface area contributed by atoms with Gasteiger partial charge in [0.2, 0.25) is 0 Å². The Morgan fingerprint density at radius 2 is 1.30 bits per heavy atom. The molecule has 0 radical (unpaired) electrons. The normalized spacial score (nSPS) is 13.2. The largest absolute Gasteiger partial charge is 0.456 e. The van der Waals surface area contributed by atoms with Crippen LogP contribution in [0.4, 0.5) is 0 Å². The van der Waals surface area contributed by atoms with Crippen LogP contribution in [0.15, 0.2) is 139 Å². The Bertz CT molecular complexity index is 2460. The molecule has 0 bridgehead atoms. The Morgan fingerprint density at radius 3 is 2.23 bits per heavy atom. The topological polar surface area (TPSA) is 14.2 Å². The van der Waals surface area contributed by atoms with Crippen molar-refractivity contribution in [1.82, 2.24) is 4.57 Å². The fourth-order valence-electron chi connectivity index (χ4n) is 6.39. The van der Waals surface area contributed by atoms with Gasteiger partial charge in [-0.3, -0.25) is 0 Å². The second kappa shape index (κ2) is 8.08. The molecule has 0 amide bonds. The molecule has 8 aromatic rings. The van der Waals surface area contributed by atoms with Crippen molar-refractivity contribution >= 4 is 43.4 Å². The second-order valence-corrected chi connectivity index (χ2v) is 10.3. The number of benzene rings is 7. The van der Waals surface area contributed by atoms with Crippen LogP contribution in [0.5, 0.6) is 11.5 Å². The van der Waals surface area contributed by atoms with Crippen molar-refractivity contribution in [2.75, 3.05) is 0 Å². The quantitative estimate of drug-likeness (QED) is 0.225. The van der Waals surface area contributed by atoms with Crippen LogP contribution in [0.2, 0.25) is 0 Å². The first-order valence-electron chi connectivity index (χ1n) is 15.0. The van der Waals surface area contributed by atoms with Crippen LogP contribution in [-0.4, -0.2) is 4.57 Å². The summed E-state index contributed by atoms with van der Waals surface area (Å²) in [5.41, 5.74) is 5.74. The Hall–Kier alpha value is -5.34. The van der Waals surface area contributed by atoms with Crippen LogP contribution in [0.25, 0.3) is 71.3 Å². The van der Waals surface area contributed by atoms with Crippen molar-refractivity contribution < 1.29 is 8.85 Å². The minimum absolute atomic E-state index is 0.00999. The molecule has 9 rings (SSSR count). The van der Waals surface area contributed by atoms with Crippen molar-refractivity contribution in [2.45, 2.75) is 0 Å². The number of hydrogen-bond acceptors (Lipinski definition) is 1. The van der Waals surface area contributed by atoms with E-state index < -0.39 is 0 Å². The minimum Gasteiger partial charge on any atom is -0.456 e. The number of aromatic nitrogens is 1. The average Bonchev–Trinajstić information content (AvgIpc) is 3.40. The van der Waals surface area contributed by atoms with Crippen LogP contribution in [0, 0.1) is 0 Å². The Balaban J connectivity index is 1.44. The van der Waals surface area contributed by atoms with Crippen molar-refractivity contribution in [2.24, 2.45) is 0 Å². The van der Waals surface area contributed by atoms with E-state index in [4.69, 9.17) is 6.11 Å². The first-order valence-corrected chi connectivity index (χ1v) is 13.5. The average molecular weight is 513 g/mol. The molecule has 40 heavy (non-hydrogen) atoms. The molecule has 0 saturated heterocycles. The molecule has 0 unspecified atom stereocenters. The fourth-order valence-corrected chi connectivity index (χ4v) is 6.39. The smallest absolute Gasteiger partial charge is 0.135 e. The molecule has 0 aliphatic carbocycles. The first-order chi connectivity index (χ1) is 21.1. The molecule has 0 atom stereocenters. The number of hydrogen-bond donors (Lipinski definition) is 0. The third kappa shape index (κ3) is 2.93. The summed E-state index contributed by atoms with van der Waals surface area (Å²) in [4.78, 5) is 0. The highest BCUT2D eigenvalue weighted by atomic mass is 16.5. The molecule has 2 nitrogen and oxygen atoms in total. The van der Waals surface area contributed by atoms with E-state index in [1.54, 1.807) is 0 Å². The summed E-state index contributed by atoms with van der Waals surface area (Å²) in [5, 5.41) is 6.22. The SMILES string of the molecule is [2H]c1c([2H])c(-c2cccc3c2c2ccc4ccccc4c2n3-c2ccccc2)c([2H])c2c1Oc1cccc3cccc-2c13. The van der Waals surface area contributed by atoms with E-state index in [0.717, 1.165) is 60.2 Å². The summed E-state index contributed by atoms with van der Waals surface area (Å²) in [6, 6.07) is 41.1. The number of para-hydroxylation sites is 1. The van der Waals surface area contributed by atoms with Crippen LogP contribution >= 0.6 is 0 Å². The molecule has 0 fully saturated rings. The summed E-state index contributed by atoms with van der Waals surface area (Å²) in [7, 11) is 0. The summed E-state index contributed by atoms with van der Waals surface area (Å²) < 4.78 is 36.5. The van der Waals surface area contributed by atoms with Gasteiger partial charge in [-0.05, 0) is 63.8 Å². The summed E-state index contributed by atoms with van der Waals surface area (Å²) >= 11 is 0. The Morgan fingerprint density at radius 1 is 0.525 bits per heavy atom. The highest BCUT2D eigenvalue weighted by molar-refractivity contribution is 6.22. The van der Waals surface area contributed by atoms with Gasteiger partial charge < -0.3 is 9.30 Å². The Labute approximate surface area is 235 Å². The molecular weight excluding hydrogens is 486 g/mol. The number of ether oxygens (including phenoxy) is 1. The molecular formula is C38H23NO. The van der Waals surface area contributed by atoms with E-state index in [2.05, 4.69) is 59.2 Å². The number of nitrogens with zero attached hydrogens (tertiary/aromatic N) is 1. The highest BCUT2D eigenvalue weighted by Crippen LogP contribution is 2.48. The molecule has 0 saturated carbocycles. The maximum absolute atomic E-state index is 9.60. The van der Waals surface area contributed by atoms with Crippen molar-refractivity contribution in [3.05, 3.63) is 139 Å².